The number of nitriles is 1. The first-order valence-electron chi connectivity index (χ1n) is 9.40. The standard InChI is InChI=1S/C23H26N2O5/c1-15-11-17(16(2)25(15)19-7-9-20(28-6)10-8-19)12-18(13-24)22(27)29-14-21(26)30-23(3,4)5/h7-12H,14H2,1-6H3/b18-12+. The molecule has 0 saturated carbocycles. The molecule has 0 aliphatic rings. The van der Waals surface area contributed by atoms with Crippen LogP contribution in [-0.2, 0) is 19.1 Å². The highest BCUT2D eigenvalue weighted by Crippen LogP contribution is 2.24. The third-order valence-corrected chi connectivity index (χ3v) is 4.18. The van der Waals surface area contributed by atoms with Crippen LogP contribution in [-0.4, -0.2) is 35.8 Å². The number of nitrogens with zero attached hydrogens (tertiary/aromatic N) is 2. The third-order valence-electron chi connectivity index (χ3n) is 4.18. The molecule has 1 aromatic heterocycles. The van der Waals surface area contributed by atoms with Gasteiger partial charge >= 0.3 is 11.9 Å². The van der Waals surface area contributed by atoms with Gasteiger partial charge in [-0.1, -0.05) is 0 Å². The maximum Gasteiger partial charge on any atom is 0.349 e. The highest BCUT2D eigenvalue weighted by atomic mass is 16.6. The number of aromatic nitrogens is 1. The van der Waals surface area contributed by atoms with Crippen LogP contribution in [0.4, 0.5) is 0 Å². The van der Waals surface area contributed by atoms with Gasteiger partial charge < -0.3 is 18.8 Å². The normalized spacial score (nSPS) is 11.6. The Morgan fingerprint density at radius 1 is 1.17 bits per heavy atom. The molecule has 0 radical (unpaired) electrons. The van der Waals surface area contributed by atoms with Gasteiger partial charge in [0.15, 0.2) is 6.61 Å². The van der Waals surface area contributed by atoms with Gasteiger partial charge in [0.2, 0.25) is 0 Å². The van der Waals surface area contributed by atoms with Gasteiger partial charge in [-0.15, -0.1) is 0 Å². The summed E-state index contributed by atoms with van der Waals surface area (Å²) in [7, 11) is 1.61. The largest absolute Gasteiger partial charge is 0.497 e. The fraction of sp³-hybridized carbons (Fsp3) is 0.348. The molecule has 1 heterocycles. The van der Waals surface area contributed by atoms with E-state index in [1.54, 1.807) is 27.9 Å². The number of rotatable bonds is 6. The predicted molar refractivity (Wildman–Crippen MR) is 112 cm³/mol. The van der Waals surface area contributed by atoms with Gasteiger partial charge in [-0.25, -0.2) is 9.59 Å². The number of aryl methyl sites for hydroxylation is 1. The summed E-state index contributed by atoms with van der Waals surface area (Å²) in [5.41, 5.74) is 2.53. The van der Waals surface area contributed by atoms with Crippen molar-refractivity contribution in [2.24, 2.45) is 0 Å². The van der Waals surface area contributed by atoms with Crippen LogP contribution >= 0.6 is 0 Å². The number of benzene rings is 1. The summed E-state index contributed by atoms with van der Waals surface area (Å²) in [5.74, 6) is -0.802. The van der Waals surface area contributed by atoms with Crippen molar-refractivity contribution in [1.82, 2.24) is 4.57 Å². The molecule has 2 rings (SSSR count). The zero-order valence-corrected chi connectivity index (χ0v) is 18.1. The minimum absolute atomic E-state index is 0.200. The lowest BCUT2D eigenvalue weighted by Gasteiger charge is -2.19. The van der Waals surface area contributed by atoms with Gasteiger partial charge in [-0.05, 0) is 76.6 Å². The van der Waals surface area contributed by atoms with Gasteiger partial charge in [0.05, 0.1) is 7.11 Å². The maximum absolute atomic E-state index is 12.3. The van der Waals surface area contributed by atoms with Crippen LogP contribution in [0.25, 0.3) is 11.8 Å². The molecule has 30 heavy (non-hydrogen) atoms. The van der Waals surface area contributed by atoms with Crippen LogP contribution in [0.3, 0.4) is 0 Å². The van der Waals surface area contributed by atoms with Gasteiger partial charge in [0, 0.05) is 17.1 Å². The Morgan fingerprint density at radius 2 is 1.80 bits per heavy atom. The van der Waals surface area contributed by atoms with E-state index in [2.05, 4.69) is 0 Å². The molecule has 0 aliphatic carbocycles. The van der Waals surface area contributed by atoms with E-state index in [0.717, 1.165) is 22.8 Å². The van der Waals surface area contributed by atoms with Crippen LogP contribution in [0.1, 0.15) is 37.7 Å². The third kappa shape index (κ3) is 5.74. The summed E-state index contributed by atoms with van der Waals surface area (Å²) >= 11 is 0. The van der Waals surface area contributed by atoms with E-state index in [-0.39, 0.29) is 5.57 Å². The van der Waals surface area contributed by atoms with Gasteiger partial charge in [0.25, 0.3) is 0 Å². The molecular formula is C23H26N2O5. The molecule has 158 valence electrons. The summed E-state index contributed by atoms with van der Waals surface area (Å²) in [4.78, 5) is 24.0. The fourth-order valence-electron chi connectivity index (χ4n) is 2.93. The van der Waals surface area contributed by atoms with Crippen molar-refractivity contribution >= 4 is 18.0 Å². The van der Waals surface area contributed by atoms with Crippen molar-refractivity contribution < 1.29 is 23.8 Å². The number of esters is 2. The zero-order chi connectivity index (χ0) is 22.5. The Labute approximate surface area is 176 Å². The predicted octanol–water partition coefficient (Wildman–Crippen LogP) is 3.89. The average Bonchev–Trinajstić information content (AvgIpc) is 2.96. The van der Waals surface area contributed by atoms with Crippen LogP contribution in [0.2, 0.25) is 0 Å². The molecule has 0 bridgehead atoms. The van der Waals surface area contributed by atoms with E-state index in [1.165, 1.54) is 6.08 Å². The molecule has 2 aromatic rings. The minimum atomic E-state index is -0.877. The van der Waals surface area contributed by atoms with Crippen LogP contribution in [0.5, 0.6) is 5.75 Å². The molecule has 0 spiro atoms. The van der Waals surface area contributed by atoms with E-state index in [1.807, 2.05) is 54.8 Å². The van der Waals surface area contributed by atoms with Gasteiger partial charge in [-0.3, -0.25) is 0 Å². The van der Waals surface area contributed by atoms with Crippen molar-refractivity contribution in [2.45, 2.75) is 40.2 Å². The lowest BCUT2D eigenvalue weighted by molar-refractivity contribution is -0.164. The second kappa shape index (κ2) is 9.31. The van der Waals surface area contributed by atoms with E-state index in [0.29, 0.717) is 5.56 Å². The Kier molecular flexibility index (Phi) is 7.06. The molecule has 0 N–H and O–H groups in total. The highest BCUT2D eigenvalue weighted by Gasteiger charge is 2.20. The Hall–Kier alpha value is -3.53. The van der Waals surface area contributed by atoms with Gasteiger partial charge in [-0.2, -0.15) is 5.26 Å². The highest BCUT2D eigenvalue weighted by molar-refractivity contribution is 5.98. The summed E-state index contributed by atoms with van der Waals surface area (Å²) in [5, 5.41) is 9.40. The number of hydrogen-bond donors (Lipinski definition) is 0. The lowest BCUT2D eigenvalue weighted by Crippen LogP contribution is -2.27. The van der Waals surface area contributed by atoms with E-state index in [9.17, 15) is 14.9 Å². The van der Waals surface area contributed by atoms with Gasteiger partial charge in [0.1, 0.15) is 23.0 Å². The first-order chi connectivity index (χ1) is 14.1. The van der Waals surface area contributed by atoms with Crippen molar-refractivity contribution in [1.29, 1.82) is 5.26 Å². The van der Waals surface area contributed by atoms with Crippen LogP contribution in [0, 0.1) is 25.2 Å². The quantitative estimate of drug-likeness (QED) is 0.408. The Bertz CT molecular complexity index is 1000. The molecule has 0 atom stereocenters. The minimum Gasteiger partial charge on any atom is -0.497 e. The molecule has 0 fully saturated rings. The number of carbonyl (C=O) groups excluding carboxylic acids is 2. The summed E-state index contributed by atoms with van der Waals surface area (Å²) in [6.07, 6.45) is 1.46. The fourth-order valence-corrected chi connectivity index (χ4v) is 2.93. The second-order valence-corrected chi connectivity index (χ2v) is 7.69. The molecule has 7 nitrogen and oxygen atoms in total. The van der Waals surface area contributed by atoms with Crippen molar-refractivity contribution in [3.8, 4) is 17.5 Å². The summed E-state index contributed by atoms with van der Waals surface area (Å²) in [6, 6.07) is 11.3. The van der Waals surface area contributed by atoms with E-state index >= 15 is 0 Å². The summed E-state index contributed by atoms with van der Waals surface area (Å²) in [6.45, 7) is 8.41. The molecular weight excluding hydrogens is 384 g/mol. The SMILES string of the molecule is COc1ccc(-n2c(C)cc(/C=C(\C#N)C(=O)OCC(=O)OC(C)(C)C)c2C)cc1. The topological polar surface area (TPSA) is 90.5 Å². The van der Waals surface area contributed by atoms with E-state index < -0.39 is 24.1 Å². The molecule has 0 aliphatic heterocycles. The van der Waals surface area contributed by atoms with E-state index in [4.69, 9.17) is 14.2 Å². The molecule has 1 aromatic carbocycles. The van der Waals surface area contributed by atoms with Crippen LogP contribution < -0.4 is 4.74 Å². The number of carbonyl (C=O) groups is 2. The molecule has 7 heteroatoms. The lowest BCUT2D eigenvalue weighted by atomic mass is 10.1. The first kappa shape index (κ1) is 22.8. The smallest absolute Gasteiger partial charge is 0.349 e. The number of ether oxygens (including phenoxy) is 3. The number of methoxy groups -OCH3 is 1. The average molecular weight is 410 g/mol. The zero-order valence-electron chi connectivity index (χ0n) is 18.1. The molecule has 0 unspecified atom stereocenters. The Balaban J connectivity index is 2.22. The molecule has 0 amide bonds. The summed E-state index contributed by atoms with van der Waals surface area (Å²) < 4.78 is 17.2. The van der Waals surface area contributed by atoms with Crippen molar-refractivity contribution in [3.63, 3.8) is 0 Å². The van der Waals surface area contributed by atoms with Crippen molar-refractivity contribution in [3.05, 3.63) is 52.9 Å². The first-order valence-corrected chi connectivity index (χ1v) is 9.40. The van der Waals surface area contributed by atoms with Crippen LogP contribution in [0.15, 0.2) is 35.9 Å². The maximum atomic E-state index is 12.3. The molecule has 0 saturated heterocycles. The Morgan fingerprint density at radius 3 is 2.33 bits per heavy atom. The second-order valence-electron chi connectivity index (χ2n) is 7.69. The number of hydrogen-bond acceptors (Lipinski definition) is 6. The monoisotopic (exact) mass is 410 g/mol. The van der Waals surface area contributed by atoms with Crippen molar-refractivity contribution in [2.75, 3.05) is 13.7 Å².